The van der Waals surface area contributed by atoms with Crippen LogP contribution in [0.1, 0.15) is 6.42 Å². The molecule has 0 aromatic carbocycles. The molecule has 2 aliphatic rings. The van der Waals surface area contributed by atoms with Gasteiger partial charge < -0.3 is 14.9 Å². The van der Waals surface area contributed by atoms with E-state index < -0.39 is 0 Å². The zero-order valence-electron chi connectivity index (χ0n) is 6.44. The van der Waals surface area contributed by atoms with Crippen molar-refractivity contribution in [1.82, 2.24) is 0 Å². The molecule has 1 aliphatic carbocycles. The minimum atomic E-state index is 0.159. The van der Waals surface area contributed by atoms with E-state index in [1.807, 2.05) is 0 Å². The van der Waals surface area contributed by atoms with Gasteiger partial charge in [-0.05, 0) is 18.3 Å². The van der Waals surface area contributed by atoms with Crippen LogP contribution in [0.15, 0.2) is 0 Å². The molecule has 2 N–H and O–H groups in total. The third-order valence-corrected chi connectivity index (χ3v) is 3.11. The predicted molar refractivity (Wildman–Crippen MR) is 39.0 cm³/mol. The molecule has 1 aliphatic heterocycles. The molecule has 0 spiro atoms. The zero-order chi connectivity index (χ0) is 7.84. The minimum Gasteiger partial charge on any atom is -0.396 e. The third kappa shape index (κ3) is 0.991. The van der Waals surface area contributed by atoms with Crippen LogP contribution in [0, 0.1) is 17.8 Å². The van der Waals surface area contributed by atoms with E-state index in [9.17, 15) is 0 Å². The van der Waals surface area contributed by atoms with E-state index in [0.29, 0.717) is 11.8 Å². The summed E-state index contributed by atoms with van der Waals surface area (Å²) in [5.74, 6) is 0.986. The maximum absolute atomic E-state index is 9.02. The number of fused-ring (bicyclic) bond motifs is 2. The van der Waals surface area contributed by atoms with Gasteiger partial charge in [-0.1, -0.05) is 0 Å². The van der Waals surface area contributed by atoms with Gasteiger partial charge in [0, 0.05) is 19.1 Å². The van der Waals surface area contributed by atoms with Gasteiger partial charge in [-0.25, -0.2) is 0 Å². The van der Waals surface area contributed by atoms with Crippen molar-refractivity contribution in [3.63, 3.8) is 0 Å². The molecular weight excluding hydrogens is 144 g/mol. The summed E-state index contributed by atoms with van der Waals surface area (Å²) < 4.78 is 5.42. The minimum absolute atomic E-state index is 0.159. The predicted octanol–water partition coefficient (Wildman–Crippen LogP) is -0.378. The van der Waals surface area contributed by atoms with Crippen molar-refractivity contribution in [3.05, 3.63) is 0 Å². The fourth-order valence-electron chi connectivity index (χ4n) is 2.44. The molecule has 11 heavy (non-hydrogen) atoms. The molecule has 2 fully saturated rings. The molecule has 2 bridgehead atoms. The Morgan fingerprint density at radius 3 is 2.45 bits per heavy atom. The van der Waals surface area contributed by atoms with Crippen LogP contribution in [0.2, 0.25) is 0 Å². The van der Waals surface area contributed by atoms with Gasteiger partial charge >= 0.3 is 0 Å². The summed E-state index contributed by atoms with van der Waals surface area (Å²) in [4.78, 5) is 0. The van der Waals surface area contributed by atoms with Crippen molar-refractivity contribution in [2.24, 2.45) is 17.8 Å². The lowest BCUT2D eigenvalue weighted by Crippen LogP contribution is -2.33. The van der Waals surface area contributed by atoms with E-state index in [-0.39, 0.29) is 25.2 Å². The third-order valence-electron chi connectivity index (χ3n) is 3.11. The van der Waals surface area contributed by atoms with Gasteiger partial charge in [0.25, 0.3) is 0 Å². The van der Waals surface area contributed by atoms with Gasteiger partial charge in [-0.15, -0.1) is 0 Å². The summed E-state index contributed by atoms with van der Waals surface area (Å²) in [6.07, 6.45) is 1.26. The highest BCUT2D eigenvalue weighted by molar-refractivity contribution is 4.95. The van der Waals surface area contributed by atoms with Crippen LogP contribution in [-0.4, -0.2) is 36.1 Å². The van der Waals surface area contributed by atoms with Crippen LogP contribution in [-0.2, 0) is 4.74 Å². The molecule has 1 saturated heterocycles. The van der Waals surface area contributed by atoms with E-state index in [0.717, 1.165) is 13.0 Å². The number of rotatable bonds is 2. The molecule has 64 valence electrons. The van der Waals surface area contributed by atoms with E-state index in [1.54, 1.807) is 0 Å². The Labute approximate surface area is 66.0 Å². The Balaban J connectivity index is 2.08. The summed E-state index contributed by atoms with van der Waals surface area (Å²) in [5.41, 5.74) is 0. The molecule has 0 aromatic rings. The lowest BCUT2D eigenvalue weighted by molar-refractivity contribution is -0.0350. The normalized spacial score (nSPS) is 48.5. The SMILES string of the molecule is OCC1C2COC(C2)C1CO. The standard InChI is InChI=1S/C8H14O3/c9-2-6-5-1-8(11-4-5)7(6)3-10/h5-10H,1-4H2. The maximum Gasteiger partial charge on any atom is 0.0632 e. The molecule has 1 heterocycles. The van der Waals surface area contributed by atoms with Crippen molar-refractivity contribution in [2.75, 3.05) is 19.8 Å². The van der Waals surface area contributed by atoms with Gasteiger partial charge in [0.2, 0.25) is 0 Å². The number of hydrogen-bond donors (Lipinski definition) is 2. The Morgan fingerprint density at radius 2 is 1.91 bits per heavy atom. The molecule has 3 nitrogen and oxygen atoms in total. The fraction of sp³-hybridized carbons (Fsp3) is 1.00. The average Bonchev–Trinajstić information content (AvgIpc) is 2.60. The second kappa shape index (κ2) is 2.73. The quantitative estimate of drug-likeness (QED) is 0.576. The highest BCUT2D eigenvalue weighted by Gasteiger charge is 2.47. The van der Waals surface area contributed by atoms with E-state index in [2.05, 4.69) is 0 Å². The van der Waals surface area contributed by atoms with Crippen LogP contribution >= 0.6 is 0 Å². The largest absolute Gasteiger partial charge is 0.396 e. The Hall–Kier alpha value is -0.120. The first-order chi connectivity index (χ1) is 5.36. The van der Waals surface area contributed by atoms with Gasteiger partial charge in [-0.3, -0.25) is 0 Å². The van der Waals surface area contributed by atoms with Crippen molar-refractivity contribution in [1.29, 1.82) is 0 Å². The van der Waals surface area contributed by atoms with Crippen molar-refractivity contribution < 1.29 is 14.9 Å². The molecule has 0 aromatic heterocycles. The number of aliphatic hydroxyl groups excluding tert-OH is 2. The summed E-state index contributed by atoms with van der Waals surface area (Å²) in [7, 11) is 0. The molecule has 3 heteroatoms. The first kappa shape index (κ1) is 7.53. The fourth-order valence-corrected chi connectivity index (χ4v) is 2.44. The van der Waals surface area contributed by atoms with Crippen molar-refractivity contribution in [2.45, 2.75) is 12.5 Å². The van der Waals surface area contributed by atoms with Gasteiger partial charge in [0.05, 0.1) is 12.7 Å². The van der Waals surface area contributed by atoms with E-state index in [4.69, 9.17) is 14.9 Å². The molecule has 4 atom stereocenters. The molecular formula is C8H14O3. The first-order valence-electron chi connectivity index (χ1n) is 4.20. The topological polar surface area (TPSA) is 49.7 Å². The van der Waals surface area contributed by atoms with Gasteiger partial charge in [-0.2, -0.15) is 0 Å². The summed E-state index contributed by atoms with van der Waals surface area (Å²) in [5, 5.41) is 18.0. The van der Waals surface area contributed by atoms with Crippen molar-refractivity contribution in [3.8, 4) is 0 Å². The lowest BCUT2D eigenvalue weighted by Gasteiger charge is -2.27. The number of aliphatic hydroxyl groups is 2. The lowest BCUT2D eigenvalue weighted by atomic mass is 9.89. The second-order valence-electron chi connectivity index (χ2n) is 3.56. The Kier molecular flexibility index (Phi) is 1.87. The summed E-state index contributed by atoms with van der Waals surface area (Å²) in [6, 6.07) is 0. The van der Waals surface area contributed by atoms with E-state index in [1.165, 1.54) is 0 Å². The molecule has 1 saturated carbocycles. The van der Waals surface area contributed by atoms with Crippen molar-refractivity contribution >= 4 is 0 Å². The maximum atomic E-state index is 9.02. The average molecular weight is 158 g/mol. The monoisotopic (exact) mass is 158 g/mol. The van der Waals surface area contributed by atoms with Crippen LogP contribution in [0.3, 0.4) is 0 Å². The summed E-state index contributed by atoms with van der Waals surface area (Å²) in [6.45, 7) is 1.15. The van der Waals surface area contributed by atoms with Crippen LogP contribution in [0.5, 0.6) is 0 Å². The number of ether oxygens (including phenoxy) is 1. The molecule has 0 radical (unpaired) electrons. The smallest absolute Gasteiger partial charge is 0.0632 e. The Morgan fingerprint density at radius 1 is 1.18 bits per heavy atom. The van der Waals surface area contributed by atoms with Gasteiger partial charge in [0.15, 0.2) is 0 Å². The highest BCUT2D eigenvalue weighted by Crippen LogP contribution is 2.43. The van der Waals surface area contributed by atoms with Crippen LogP contribution < -0.4 is 0 Å². The van der Waals surface area contributed by atoms with E-state index >= 15 is 0 Å². The number of hydrogen-bond acceptors (Lipinski definition) is 3. The van der Waals surface area contributed by atoms with Gasteiger partial charge in [0.1, 0.15) is 0 Å². The second-order valence-corrected chi connectivity index (χ2v) is 3.56. The van der Waals surface area contributed by atoms with Crippen LogP contribution in [0.25, 0.3) is 0 Å². The first-order valence-corrected chi connectivity index (χ1v) is 4.20. The highest BCUT2D eigenvalue weighted by atomic mass is 16.5. The van der Waals surface area contributed by atoms with Crippen LogP contribution in [0.4, 0.5) is 0 Å². The summed E-state index contributed by atoms with van der Waals surface area (Å²) >= 11 is 0. The molecule has 4 unspecified atom stereocenters. The molecule has 0 amide bonds. The molecule has 2 rings (SSSR count). The zero-order valence-corrected chi connectivity index (χ0v) is 6.44. The Bertz CT molecular complexity index is 132.